The summed E-state index contributed by atoms with van der Waals surface area (Å²) >= 11 is 1.90. The number of hydrogen-bond acceptors (Lipinski definition) is 3. The van der Waals surface area contributed by atoms with Crippen LogP contribution in [0, 0.1) is 11.7 Å². The van der Waals surface area contributed by atoms with Crippen LogP contribution in [0.5, 0.6) is 0 Å². The van der Waals surface area contributed by atoms with Crippen LogP contribution in [-0.4, -0.2) is 28.5 Å². The molecule has 0 unspecified atom stereocenters. The molecule has 2 N–H and O–H groups in total. The van der Waals surface area contributed by atoms with Crippen molar-refractivity contribution in [2.75, 3.05) is 16.8 Å². The second-order valence-corrected chi connectivity index (χ2v) is 6.03. The number of carboxylic acids is 1. The molecule has 0 aliphatic carbocycles. The number of anilines is 1. The lowest BCUT2D eigenvalue weighted by Crippen LogP contribution is -2.19. The number of thioether (sulfide) groups is 1. The van der Waals surface area contributed by atoms with E-state index in [1.165, 1.54) is 6.07 Å². The summed E-state index contributed by atoms with van der Waals surface area (Å²) in [6, 6.07) is 3.60. The zero-order valence-electron chi connectivity index (χ0n) is 10.9. The smallest absolute Gasteiger partial charge is 0.338 e. The number of hydrogen-bond donors (Lipinski definition) is 2. The Bertz CT molecular complexity index is 515. The highest BCUT2D eigenvalue weighted by Gasteiger charge is 2.18. The van der Waals surface area contributed by atoms with Crippen molar-refractivity contribution in [3.63, 3.8) is 0 Å². The molecule has 0 atom stereocenters. The first-order chi connectivity index (χ1) is 9.56. The molecule has 2 rings (SSSR count). The Morgan fingerprint density at radius 1 is 1.35 bits per heavy atom. The van der Waals surface area contributed by atoms with E-state index in [9.17, 15) is 14.0 Å². The van der Waals surface area contributed by atoms with Crippen LogP contribution in [0.15, 0.2) is 18.2 Å². The number of carbonyl (C=O) groups excluding carboxylic acids is 1. The normalized spacial score (nSPS) is 15.8. The summed E-state index contributed by atoms with van der Waals surface area (Å²) in [5.41, 5.74) is -0.102. The van der Waals surface area contributed by atoms with E-state index in [0.717, 1.165) is 36.5 Å². The van der Waals surface area contributed by atoms with Gasteiger partial charge in [-0.05, 0) is 48.5 Å². The molecule has 1 fully saturated rings. The predicted octanol–water partition coefficient (Wildman–Crippen LogP) is 3.00. The standard InChI is InChI=1S/C14H16FNO3S/c15-12-8-10(1-2-11(12)14(18)19)16-13(17)7-9-3-5-20-6-4-9/h1-2,8-9H,3-7H2,(H,16,17)(H,18,19). The van der Waals surface area contributed by atoms with Gasteiger partial charge in [0.1, 0.15) is 5.82 Å². The Morgan fingerprint density at radius 3 is 2.65 bits per heavy atom. The van der Waals surface area contributed by atoms with Gasteiger partial charge in [0.25, 0.3) is 0 Å². The van der Waals surface area contributed by atoms with Gasteiger partial charge in [-0.25, -0.2) is 9.18 Å². The van der Waals surface area contributed by atoms with E-state index in [0.29, 0.717) is 18.0 Å². The first kappa shape index (κ1) is 14.8. The third kappa shape index (κ3) is 3.96. The zero-order chi connectivity index (χ0) is 14.5. The Labute approximate surface area is 120 Å². The maximum absolute atomic E-state index is 13.5. The molecule has 4 nitrogen and oxygen atoms in total. The van der Waals surface area contributed by atoms with Crippen LogP contribution in [0.2, 0.25) is 0 Å². The van der Waals surface area contributed by atoms with Gasteiger partial charge in [-0.3, -0.25) is 4.79 Å². The lowest BCUT2D eigenvalue weighted by atomic mass is 9.98. The monoisotopic (exact) mass is 297 g/mol. The van der Waals surface area contributed by atoms with Crippen molar-refractivity contribution in [1.29, 1.82) is 0 Å². The summed E-state index contributed by atoms with van der Waals surface area (Å²) in [6.07, 6.45) is 2.50. The Morgan fingerprint density at radius 2 is 2.05 bits per heavy atom. The molecule has 1 aliphatic heterocycles. The highest BCUT2D eigenvalue weighted by molar-refractivity contribution is 7.99. The van der Waals surface area contributed by atoms with Gasteiger partial charge in [0, 0.05) is 12.1 Å². The highest BCUT2D eigenvalue weighted by Crippen LogP contribution is 2.25. The number of amides is 1. The molecule has 1 heterocycles. The molecule has 0 aromatic heterocycles. The minimum Gasteiger partial charge on any atom is -0.478 e. The molecule has 108 valence electrons. The van der Waals surface area contributed by atoms with Gasteiger partial charge < -0.3 is 10.4 Å². The number of carboxylic acid groups (broad SMARTS) is 1. The van der Waals surface area contributed by atoms with E-state index in [1.807, 2.05) is 11.8 Å². The van der Waals surface area contributed by atoms with Crippen LogP contribution in [0.25, 0.3) is 0 Å². The summed E-state index contributed by atoms with van der Waals surface area (Å²) in [5.74, 6) is 0.243. The van der Waals surface area contributed by atoms with Crippen molar-refractivity contribution in [2.45, 2.75) is 19.3 Å². The van der Waals surface area contributed by atoms with E-state index in [-0.39, 0.29) is 5.91 Å². The van der Waals surface area contributed by atoms with Gasteiger partial charge in [0.05, 0.1) is 5.56 Å². The highest BCUT2D eigenvalue weighted by atomic mass is 32.2. The van der Waals surface area contributed by atoms with Crippen LogP contribution in [0.1, 0.15) is 29.6 Å². The van der Waals surface area contributed by atoms with Crippen molar-refractivity contribution in [3.05, 3.63) is 29.6 Å². The Hall–Kier alpha value is -1.56. The van der Waals surface area contributed by atoms with Gasteiger partial charge in [0.15, 0.2) is 0 Å². The fourth-order valence-corrected chi connectivity index (χ4v) is 3.40. The van der Waals surface area contributed by atoms with Gasteiger partial charge in [-0.15, -0.1) is 0 Å². The molecular weight excluding hydrogens is 281 g/mol. The second-order valence-electron chi connectivity index (χ2n) is 4.81. The number of aromatic carboxylic acids is 1. The third-order valence-electron chi connectivity index (χ3n) is 3.30. The molecular formula is C14H16FNO3S. The average Bonchev–Trinajstić information content (AvgIpc) is 2.39. The molecule has 0 radical (unpaired) electrons. The molecule has 0 saturated carbocycles. The summed E-state index contributed by atoms with van der Waals surface area (Å²) < 4.78 is 13.5. The Kier molecular flexibility index (Phi) is 5.00. The van der Waals surface area contributed by atoms with Crippen molar-refractivity contribution < 1.29 is 19.1 Å². The zero-order valence-corrected chi connectivity index (χ0v) is 11.7. The summed E-state index contributed by atoms with van der Waals surface area (Å²) in [6.45, 7) is 0. The maximum atomic E-state index is 13.5. The van der Waals surface area contributed by atoms with Crippen molar-refractivity contribution in [3.8, 4) is 0 Å². The molecule has 1 aliphatic rings. The maximum Gasteiger partial charge on any atom is 0.338 e. The first-order valence-corrected chi connectivity index (χ1v) is 7.62. The van der Waals surface area contributed by atoms with Crippen molar-refractivity contribution in [2.24, 2.45) is 5.92 Å². The van der Waals surface area contributed by atoms with E-state index in [4.69, 9.17) is 5.11 Å². The SMILES string of the molecule is O=C(CC1CCSCC1)Nc1ccc(C(=O)O)c(F)c1. The van der Waals surface area contributed by atoms with Gasteiger partial charge in [-0.1, -0.05) is 0 Å². The second kappa shape index (κ2) is 6.74. The largest absolute Gasteiger partial charge is 0.478 e. The molecule has 1 aromatic rings. The number of nitrogens with one attached hydrogen (secondary N) is 1. The topological polar surface area (TPSA) is 66.4 Å². The lowest BCUT2D eigenvalue weighted by molar-refractivity contribution is -0.117. The number of halogens is 1. The van der Waals surface area contributed by atoms with Crippen LogP contribution < -0.4 is 5.32 Å². The van der Waals surface area contributed by atoms with Crippen LogP contribution in [-0.2, 0) is 4.79 Å². The minimum absolute atomic E-state index is 0.149. The average molecular weight is 297 g/mol. The van der Waals surface area contributed by atoms with Gasteiger partial charge in [-0.2, -0.15) is 11.8 Å². The van der Waals surface area contributed by atoms with E-state index >= 15 is 0 Å². The van der Waals surface area contributed by atoms with E-state index < -0.39 is 17.3 Å². The quantitative estimate of drug-likeness (QED) is 0.896. The molecule has 0 spiro atoms. The fourth-order valence-electron chi connectivity index (χ4n) is 2.19. The molecule has 1 aromatic carbocycles. The van der Waals surface area contributed by atoms with Gasteiger partial charge >= 0.3 is 5.97 Å². The molecule has 1 saturated heterocycles. The van der Waals surface area contributed by atoms with Crippen molar-refractivity contribution >= 4 is 29.3 Å². The minimum atomic E-state index is -1.32. The van der Waals surface area contributed by atoms with Crippen molar-refractivity contribution in [1.82, 2.24) is 0 Å². The third-order valence-corrected chi connectivity index (χ3v) is 4.35. The number of carbonyl (C=O) groups is 2. The van der Waals surface area contributed by atoms with E-state index in [2.05, 4.69) is 5.32 Å². The molecule has 0 bridgehead atoms. The van der Waals surface area contributed by atoms with E-state index in [1.54, 1.807) is 0 Å². The lowest BCUT2D eigenvalue weighted by Gasteiger charge is -2.20. The summed E-state index contributed by atoms with van der Waals surface area (Å²) in [5, 5.41) is 11.3. The van der Waals surface area contributed by atoms with Crippen LogP contribution in [0.4, 0.5) is 10.1 Å². The van der Waals surface area contributed by atoms with Crippen LogP contribution in [0.3, 0.4) is 0 Å². The predicted molar refractivity (Wildman–Crippen MR) is 76.7 cm³/mol. The number of rotatable bonds is 4. The van der Waals surface area contributed by atoms with Gasteiger partial charge in [0.2, 0.25) is 5.91 Å². The molecule has 20 heavy (non-hydrogen) atoms. The summed E-state index contributed by atoms with van der Waals surface area (Å²) in [7, 11) is 0. The number of benzene rings is 1. The Balaban J connectivity index is 1.93. The molecule has 6 heteroatoms. The van der Waals surface area contributed by atoms with Crippen LogP contribution >= 0.6 is 11.8 Å². The first-order valence-electron chi connectivity index (χ1n) is 6.46. The molecule has 1 amide bonds. The summed E-state index contributed by atoms with van der Waals surface area (Å²) in [4.78, 5) is 22.5. The fraction of sp³-hybridized carbons (Fsp3) is 0.429.